The Morgan fingerprint density at radius 2 is 2.11 bits per heavy atom. The molecule has 0 amide bonds. The van der Waals surface area contributed by atoms with E-state index in [4.69, 9.17) is 5.26 Å². The summed E-state index contributed by atoms with van der Waals surface area (Å²) in [5.41, 5.74) is 2.71. The Hall–Kier alpha value is -2.41. The molecule has 1 heterocycles. The highest BCUT2D eigenvalue weighted by atomic mass is 15.2. The van der Waals surface area contributed by atoms with Gasteiger partial charge >= 0.3 is 0 Å². The standard InChI is InChI=1S/C14H14N4/c1-11-6-14(17-10-16-11)18(2)9-13-5-3-4-12(7-13)8-15/h3-7,10H,9H2,1-2H3. The smallest absolute Gasteiger partial charge is 0.132 e. The monoisotopic (exact) mass is 238 g/mol. The number of aromatic nitrogens is 2. The van der Waals surface area contributed by atoms with Gasteiger partial charge in [0.1, 0.15) is 12.1 Å². The van der Waals surface area contributed by atoms with Crippen molar-refractivity contribution in [3.63, 3.8) is 0 Å². The second-order valence-corrected chi connectivity index (χ2v) is 4.19. The van der Waals surface area contributed by atoms with E-state index < -0.39 is 0 Å². The molecule has 0 fully saturated rings. The van der Waals surface area contributed by atoms with E-state index >= 15 is 0 Å². The van der Waals surface area contributed by atoms with Gasteiger partial charge in [0.15, 0.2) is 0 Å². The van der Waals surface area contributed by atoms with Crippen molar-refractivity contribution in [3.8, 4) is 6.07 Å². The van der Waals surface area contributed by atoms with Crippen molar-refractivity contribution in [2.75, 3.05) is 11.9 Å². The third kappa shape index (κ3) is 2.83. The summed E-state index contributed by atoms with van der Waals surface area (Å²) in [6, 6.07) is 11.7. The summed E-state index contributed by atoms with van der Waals surface area (Å²) in [5, 5.41) is 8.87. The molecule has 1 aromatic heterocycles. The maximum atomic E-state index is 8.87. The van der Waals surface area contributed by atoms with Crippen LogP contribution in [0.5, 0.6) is 0 Å². The molecule has 0 atom stereocenters. The van der Waals surface area contributed by atoms with E-state index in [2.05, 4.69) is 16.0 Å². The molecule has 1 aromatic carbocycles. The van der Waals surface area contributed by atoms with E-state index in [1.807, 2.05) is 43.1 Å². The van der Waals surface area contributed by atoms with Gasteiger partial charge in [0.2, 0.25) is 0 Å². The first kappa shape index (κ1) is 12.1. The van der Waals surface area contributed by atoms with E-state index in [0.29, 0.717) is 12.1 Å². The number of benzene rings is 1. The summed E-state index contributed by atoms with van der Waals surface area (Å²) in [6.45, 7) is 2.65. The molecule has 90 valence electrons. The molecule has 0 aliphatic rings. The van der Waals surface area contributed by atoms with E-state index in [0.717, 1.165) is 17.1 Å². The van der Waals surface area contributed by atoms with Gasteiger partial charge in [0.25, 0.3) is 0 Å². The normalized spacial score (nSPS) is 9.83. The highest BCUT2D eigenvalue weighted by Gasteiger charge is 2.04. The second-order valence-electron chi connectivity index (χ2n) is 4.19. The molecule has 18 heavy (non-hydrogen) atoms. The van der Waals surface area contributed by atoms with Crippen LogP contribution in [0, 0.1) is 18.3 Å². The lowest BCUT2D eigenvalue weighted by Crippen LogP contribution is -2.17. The number of aryl methyl sites for hydroxylation is 1. The first-order valence-electron chi connectivity index (χ1n) is 5.68. The van der Waals surface area contributed by atoms with E-state index in [-0.39, 0.29) is 0 Å². The van der Waals surface area contributed by atoms with Crippen LogP contribution in [0.3, 0.4) is 0 Å². The molecule has 0 saturated carbocycles. The zero-order chi connectivity index (χ0) is 13.0. The van der Waals surface area contributed by atoms with Crippen LogP contribution in [0.4, 0.5) is 5.82 Å². The SMILES string of the molecule is Cc1cc(N(C)Cc2cccc(C#N)c2)ncn1. The third-order valence-electron chi connectivity index (χ3n) is 2.66. The summed E-state index contributed by atoms with van der Waals surface area (Å²) < 4.78 is 0. The van der Waals surface area contributed by atoms with Crippen LogP contribution < -0.4 is 4.90 Å². The molecule has 2 rings (SSSR count). The molecule has 0 aliphatic heterocycles. The largest absolute Gasteiger partial charge is 0.355 e. The fourth-order valence-electron chi connectivity index (χ4n) is 1.74. The van der Waals surface area contributed by atoms with Crippen LogP contribution in [0.15, 0.2) is 36.7 Å². The van der Waals surface area contributed by atoms with E-state index in [9.17, 15) is 0 Å². The number of nitrogens with zero attached hydrogens (tertiary/aromatic N) is 4. The zero-order valence-corrected chi connectivity index (χ0v) is 10.5. The lowest BCUT2D eigenvalue weighted by Gasteiger charge is -2.18. The number of hydrogen-bond donors (Lipinski definition) is 0. The topological polar surface area (TPSA) is 52.8 Å². The minimum absolute atomic E-state index is 0.680. The van der Waals surface area contributed by atoms with Crippen LogP contribution in [0.25, 0.3) is 0 Å². The molecule has 0 saturated heterocycles. The molecule has 4 heteroatoms. The fourth-order valence-corrected chi connectivity index (χ4v) is 1.74. The summed E-state index contributed by atoms with van der Waals surface area (Å²) in [6.07, 6.45) is 1.56. The van der Waals surface area contributed by atoms with Gasteiger partial charge in [-0.2, -0.15) is 5.26 Å². The molecular weight excluding hydrogens is 224 g/mol. The number of anilines is 1. The van der Waals surface area contributed by atoms with Crippen LogP contribution in [0.2, 0.25) is 0 Å². The van der Waals surface area contributed by atoms with Crippen molar-refractivity contribution < 1.29 is 0 Å². The Morgan fingerprint density at radius 3 is 2.83 bits per heavy atom. The summed E-state index contributed by atoms with van der Waals surface area (Å²) in [5.74, 6) is 0.880. The molecule has 4 nitrogen and oxygen atoms in total. The average Bonchev–Trinajstić information content (AvgIpc) is 2.39. The minimum atomic E-state index is 0.680. The van der Waals surface area contributed by atoms with Crippen molar-refractivity contribution in [1.82, 2.24) is 9.97 Å². The van der Waals surface area contributed by atoms with Crippen LogP contribution in [-0.4, -0.2) is 17.0 Å². The van der Waals surface area contributed by atoms with E-state index in [1.165, 1.54) is 0 Å². The van der Waals surface area contributed by atoms with Crippen molar-refractivity contribution in [3.05, 3.63) is 53.5 Å². The van der Waals surface area contributed by atoms with Gasteiger partial charge in [-0.15, -0.1) is 0 Å². The lowest BCUT2D eigenvalue weighted by atomic mass is 10.1. The quantitative estimate of drug-likeness (QED) is 0.823. The molecule has 0 radical (unpaired) electrons. The Bertz CT molecular complexity index is 586. The van der Waals surface area contributed by atoms with Crippen molar-refractivity contribution in [1.29, 1.82) is 5.26 Å². The lowest BCUT2D eigenvalue weighted by molar-refractivity contribution is 0.886. The molecular formula is C14H14N4. The maximum Gasteiger partial charge on any atom is 0.132 e. The Labute approximate surface area is 107 Å². The molecule has 0 bridgehead atoms. The van der Waals surface area contributed by atoms with Gasteiger partial charge < -0.3 is 4.90 Å². The van der Waals surface area contributed by atoms with Crippen molar-refractivity contribution in [2.24, 2.45) is 0 Å². The predicted molar refractivity (Wildman–Crippen MR) is 70.0 cm³/mol. The van der Waals surface area contributed by atoms with Crippen LogP contribution in [0.1, 0.15) is 16.8 Å². The molecule has 0 unspecified atom stereocenters. The van der Waals surface area contributed by atoms with Gasteiger partial charge in [-0.05, 0) is 24.6 Å². The Morgan fingerprint density at radius 1 is 1.28 bits per heavy atom. The van der Waals surface area contributed by atoms with Crippen LogP contribution in [-0.2, 0) is 6.54 Å². The zero-order valence-electron chi connectivity index (χ0n) is 10.5. The molecule has 0 aliphatic carbocycles. The van der Waals surface area contributed by atoms with Gasteiger partial charge in [-0.3, -0.25) is 0 Å². The highest BCUT2D eigenvalue weighted by Crippen LogP contribution is 2.13. The molecule has 0 N–H and O–H groups in total. The first-order valence-corrected chi connectivity index (χ1v) is 5.68. The van der Waals surface area contributed by atoms with Gasteiger partial charge in [0, 0.05) is 25.4 Å². The van der Waals surface area contributed by atoms with E-state index in [1.54, 1.807) is 12.4 Å². The minimum Gasteiger partial charge on any atom is -0.355 e. The second kappa shape index (κ2) is 5.28. The van der Waals surface area contributed by atoms with Gasteiger partial charge in [-0.25, -0.2) is 9.97 Å². The maximum absolute atomic E-state index is 8.87. The molecule has 2 aromatic rings. The summed E-state index contributed by atoms with van der Waals surface area (Å²) in [4.78, 5) is 10.3. The number of rotatable bonds is 3. The van der Waals surface area contributed by atoms with Crippen molar-refractivity contribution >= 4 is 5.82 Å². The Kier molecular flexibility index (Phi) is 3.54. The fraction of sp³-hybridized carbons (Fsp3) is 0.214. The Balaban J connectivity index is 2.16. The van der Waals surface area contributed by atoms with Gasteiger partial charge in [0.05, 0.1) is 11.6 Å². The first-order chi connectivity index (χ1) is 8.69. The average molecular weight is 238 g/mol. The van der Waals surface area contributed by atoms with Crippen LogP contribution >= 0.6 is 0 Å². The number of nitriles is 1. The highest BCUT2D eigenvalue weighted by molar-refractivity contribution is 5.40. The predicted octanol–water partition coefficient (Wildman–Crippen LogP) is 2.29. The number of hydrogen-bond acceptors (Lipinski definition) is 4. The summed E-state index contributed by atoms with van der Waals surface area (Å²) in [7, 11) is 1.97. The van der Waals surface area contributed by atoms with Gasteiger partial charge in [-0.1, -0.05) is 12.1 Å². The molecule has 0 spiro atoms. The van der Waals surface area contributed by atoms with Crippen molar-refractivity contribution in [2.45, 2.75) is 13.5 Å². The summed E-state index contributed by atoms with van der Waals surface area (Å²) >= 11 is 0. The third-order valence-corrected chi connectivity index (χ3v) is 2.66.